The van der Waals surface area contributed by atoms with E-state index in [1.54, 1.807) is 0 Å². The first-order valence-electron chi connectivity index (χ1n) is 5.23. The Labute approximate surface area is 90.6 Å². The number of hydrogen-bond donors (Lipinski definition) is 2. The molecule has 1 heterocycles. The van der Waals surface area contributed by atoms with Crippen LogP contribution in [0.1, 0.15) is 11.6 Å². The minimum atomic E-state index is -1.41. The van der Waals surface area contributed by atoms with Gasteiger partial charge in [-0.2, -0.15) is 0 Å². The zero-order chi connectivity index (χ0) is 11.4. The highest BCUT2D eigenvalue weighted by atomic mass is 19.2. The van der Waals surface area contributed by atoms with Crippen LogP contribution in [0.5, 0.6) is 0 Å². The van der Waals surface area contributed by atoms with Gasteiger partial charge in [-0.25, -0.2) is 13.2 Å². The first-order chi connectivity index (χ1) is 7.61. The highest BCUT2D eigenvalue weighted by Gasteiger charge is 2.57. The summed E-state index contributed by atoms with van der Waals surface area (Å²) in [6, 6.07) is 2.02. The first kappa shape index (κ1) is 10.1. The largest absolute Gasteiger partial charge is 0.327 e. The van der Waals surface area contributed by atoms with E-state index in [0.29, 0.717) is 5.92 Å². The summed E-state index contributed by atoms with van der Waals surface area (Å²) >= 11 is 0. The summed E-state index contributed by atoms with van der Waals surface area (Å²) in [7, 11) is 0. The number of halogens is 3. The first-order valence-corrected chi connectivity index (χ1v) is 5.23. The Morgan fingerprint density at radius 3 is 2.56 bits per heavy atom. The van der Waals surface area contributed by atoms with Crippen molar-refractivity contribution in [3.05, 3.63) is 35.1 Å². The van der Waals surface area contributed by atoms with Crippen LogP contribution in [0.15, 0.2) is 12.1 Å². The molecule has 1 saturated heterocycles. The minimum Gasteiger partial charge on any atom is -0.327 e. The van der Waals surface area contributed by atoms with Gasteiger partial charge in [0.2, 0.25) is 0 Å². The lowest BCUT2D eigenvalue weighted by molar-refractivity contribution is 0.423. The quantitative estimate of drug-likeness (QED) is 0.711. The fourth-order valence-corrected chi connectivity index (χ4v) is 2.67. The van der Waals surface area contributed by atoms with Crippen molar-refractivity contribution in [1.82, 2.24) is 5.32 Å². The Kier molecular flexibility index (Phi) is 2.03. The summed E-state index contributed by atoms with van der Waals surface area (Å²) in [5.41, 5.74) is 5.97. The molecule has 5 heteroatoms. The third-order valence-electron chi connectivity index (χ3n) is 3.65. The van der Waals surface area contributed by atoms with Gasteiger partial charge in [-0.05, 0) is 17.9 Å². The maximum absolute atomic E-state index is 13.5. The number of hydrogen-bond acceptors (Lipinski definition) is 2. The van der Waals surface area contributed by atoms with Crippen LogP contribution in [0.2, 0.25) is 0 Å². The highest BCUT2D eigenvalue weighted by Crippen LogP contribution is 2.51. The molecule has 4 unspecified atom stereocenters. The lowest BCUT2D eigenvalue weighted by atomic mass is 10.0. The van der Waals surface area contributed by atoms with Crippen molar-refractivity contribution in [3.8, 4) is 0 Å². The Bertz CT molecular complexity index is 449. The molecule has 86 valence electrons. The second-order valence-corrected chi connectivity index (χ2v) is 4.47. The Balaban J connectivity index is 1.98. The van der Waals surface area contributed by atoms with Gasteiger partial charge in [-0.3, -0.25) is 0 Å². The third-order valence-corrected chi connectivity index (χ3v) is 3.65. The fourth-order valence-electron chi connectivity index (χ4n) is 2.67. The van der Waals surface area contributed by atoms with E-state index in [2.05, 4.69) is 5.32 Å². The lowest BCUT2D eigenvalue weighted by Crippen LogP contribution is -2.26. The molecule has 4 atom stereocenters. The molecule has 0 spiro atoms. The highest BCUT2D eigenvalue weighted by molar-refractivity contribution is 5.29. The average molecular weight is 228 g/mol. The Morgan fingerprint density at radius 2 is 1.94 bits per heavy atom. The van der Waals surface area contributed by atoms with Gasteiger partial charge in [-0.1, -0.05) is 6.07 Å². The smallest absolute Gasteiger partial charge is 0.194 e. The third kappa shape index (κ3) is 1.21. The molecule has 0 amide bonds. The van der Waals surface area contributed by atoms with E-state index in [1.807, 2.05) is 0 Å². The molecule has 2 nitrogen and oxygen atoms in total. The van der Waals surface area contributed by atoms with E-state index >= 15 is 0 Å². The minimum absolute atomic E-state index is 0.0544. The molecule has 0 aromatic heterocycles. The summed E-state index contributed by atoms with van der Waals surface area (Å²) in [5, 5.41) is 3.08. The summed E-state index contributed by atoms with van der Waals surface area (Å²) < 4.78 is 39.4. The molecular weight excluding hydrogens is 217 g/mol. The van der Waals surface area contributed by atoms with Gasteiger partial charge < -0.3 is 11.1 Å². The van der Waals surface area contributed by atoms with Crippen molar-refractivity contribution in [2.75, 3.05) is 6.54 Å². The average Bonchev–Trinajstić information content (AvgIpc) is 2.74. The molecule has 2 aliphatic rings. The fraction of sp³-hybridized carbons (Fsp3) is 0.455. The molecule has 1 aliphatic carbocycles. The zero-order valence-electron chi connectivity index (χ0n) is 8.38. The second kappa shape index (κ2) is 3.21. The van der Waals surface area contributed by atoms with Gasteiger partial charge in [0, 0.05) is 24.2 Å². The summed E-state index contributed by atoms with van der Waals surface area (Å²) in [4.78, 5) is 0. The van der Waals surface area contributed by atoms with Crippen LogP contribution in [0.3, 0.4) is 0 Å². The van der Waals surface area contributed by atoms with E-state index in [1.165, 1.54) is 6.07 Å². The van der Waals surface area contributed by atoms with Crippen LogP contribution < -0.4 is 11.1 Å². The number of fused-ring (bicyclic) bond motifs is 1. The van der Waals surface area contributed by atoms with Gasteiger partial charge in [0.05, 0.1) is 0 Å². The van der Waals surface area contributed by atoms with Crippen LogP contribution in [-0.2, 0) is 0 Å². The van der Waals surface area contributed by atoms with Crippen molar-refractivity contribution in [1.29, 1.82) is 0 Å². The van der Waals surface area contributed by atoms with E-state index in [9.17, 15) is 13.2 Å². The van der Waals surface area contributed by atoms with Gasteiger partial charge in [-0.15, -0.1) is 0 Å². The molecule has 0 radical (unpaired) electrons. The summed E-state index contributed by atoms with van der Waals surface area (Å²) in [6.07, 6.45) is 0. The molecule has 16 heavy (non-hydrogen) atoms. The predicted molar refractivity (Wildman–Crippen MR) is 52.0 cm³/mol. The number of nitrogens with one attached hydrogen (secondary N) is 1. The Morgan fingerprint density at radius 1 is 1.19 bits per heavy atom. The van der Waals surface area contributed by atoms with Crippen molar-refractivity contribution in [3.63, 3.8) is 0 Å². The number of piperidine rings is 1. The van der Waals surface area contributed by atoms with Gasteiger partial charge >= 0.3 is 0 Å². The number of benzene rings is 1. The van der Waals surface area contributed by atoms with Gasteiger partial charge in [0.1, 0.15) is 0 Å². The maximum Gasteiger partial charge on any atom is 0.194 e. The van der Waals surface area contributed by atoms with Crippen molar-refractivity contribution in [2.24, 2.45) is 17.6 Å². The normalized spacial score (nSPS) is 36.2. The van der Waals surface area contributed by atoms with Gasteiger partial charge in [0.25, 0.3) is 0 Å². The van der Waals surface area contributed by atoms with E-state index in [0.717, 1.165) is 12.6 Å². The van der Waals surface area contributed by atoms with Crippen LogP contribution >= 0.6 is 0 Å². The molecule has 3 rings (SSSR count). The molecule has 1 saturated carbocycles. The predicted octanol–water partition coefficient (Wildman–Crippen LogP) is 1.32. The van der Waals surface area contributed by atoms with E-state index in [-0.39, 0.29) is 23.6 Å². The Hall–Kier alpha value is -1.07. The second-order valence-electron chi connectivity index (χ2n) is 4.47. The molecule has 0 bridgehead atoms. The molecule has 1 aromatic carbocycles. The molecule has 1 aliphatic heterocycles. The monoisotopic (exact) mass is 228 g/mol. The van der Waals surface area contributed by atoms with Crippen LogP contribution in [-0.4, -0.2) is 12.6 Å². The standard InChI is InChI=1S/C11H11F3N2/c12-6-2-1-4(8(13)9(6)14)11-7-5(3-16-11)10(7)15/h1-2,5,7,10-11,16H,3,15H2. The van der Waals surface area contributed by atoms with Crippen LogP contribution in [0.25, 0.3) is 0 Å². The molecule has 3 N–H and O–H groups in total. The lowest BCUT2D eigenvalue weighted by Gasteiger charge is -2.16. The summed E-state index contributed by atoms with van der Waals surface area (Å²) in [6.45, 7) is 0.717. The van der Waals surface area contributed by atoms with Crippen molar-refractivity contribution >= 4 is 0 Å². The molecule has 1 aromatic rings. The van der Waals surface area contributed by atoms with Crippen LogP contribution in [0.4, 0.5) is 13.2 Å². The summed E-state index contributed by atoms with van der Waals surface area (Å²) in [5.74, 6) is -3.16. The van der Waals surface area contributed by atoms with E-state index in [4.69, 9.17) is 5.73 Å². The van der Waals surface area contributed by atoms with Crippen LogP contribution in [0, 0.1) is 29.3 Å². The molecule has 2 fully saturated rings. The topological polar surface area (TPSA) is 38.0 Å². The SMILES string of the molecule is NC1C2CNC(c3ccc(F)c(F)c3F)C12. The maximum atomic E-state index is 13.5. The van der Waals surface area contributed by atoms with E-state index < -0.39 is 17.5 Å². The van der Waals surface area contributed by atoms with Crippen molar-refractivity contribution in [2.45, 2.75) is 12.1 Å². The number of rotatable bonds is 1. The van der Waals surface area contributed by atoms with Crippen molar-refractivity contribution < 1.29 is 13.2 Å². The number of nitrogens with two attached hydrogens (primary N) is 1. The van der Waals surface area contributed by atoms with Gasteiger partial charge in [0.15, 0.2) is 17.5 Å². The molecular formula is C11H11F3N2. The zero-order valence-corrected chi connectivity index (χ0v) is 8.38.